The summed E-state index contributed by atoms with van der Waals surface area (Å²) >= 11 is 6.15. The number of likely N-dealkylation sites (N-methyl/N-ethyl adjacent to an activating group) is 1. The van der Waals surface area contributed by atoms with Crippen LogP contribution in [0.3, 0.4) is 0 Å². The molecule has 1 heterocycles. The van der Waals surface area contributed by atoms with Gasteiger partial charge in [-0.25, -0.2) is 4.79 Å². The van der Waals surface area contributed by atoms with Gasteiger partial charge in [-0.3, -0.25) is 4.79 Å². The summed E-state index contributed by atoms with van der Waals surface area (Å²) < 4.78 is 0. The molecule has 0 aliphatic carbocycles. The average Bonchev–Trinajstić information content (AvgIpc) is 2.70. The van der Waals surface area contributed by atoms with Gasteiger partial charge in [0.25, 0.3) is 0 Å². The van der Waals surface area contributed by atoms with Crippen LogP contribution >= 0.6 is 11.6 Å². The number of nitrogens with zero attached hydrogens (tertiary/aromatic N) is 1. The summed E-state index contributed by atoms with van der Waals surface area (Å²) in [5.74, 6) is -0.173. The molecule has 1 aliphatic heterocycles. The van der Waals surface area contributed by atoms with Gasteiger partial charge in [0.1, 0.15) is 0 Å². The molecule has 29 heavy (non-hydrogen) atoms. The molecule has 0 bridgehead atoms. The van der Waals surface area contributed by atoms with Crippen LogP contribution in [0.4, 0.5) is 21.9 Å². The molecule has 7 nitrogen and oxygen atoms in total. The summed E-state index contributed by atoms with van der Waals surface area (Å²) in [4.78, 5) is 28.1. The number of quaternary nitrogens is 1. The minimum absolute atomic E-state index is 0.168. The molecule has 0 radical (unpaired) electrons. The molecule has 4 N–H and O–H groups in total. The summed E-state index contributed by atoms with van der Waals surface area (Å²) in [7, 11) is 2.18. The van der Waals surface area contributed by atoms with E-state index < -0.39 is 0 Å². The lowest BCUT2D eigenvalue weighted by atomic mass is 10.2. The van der Waals surface area contributed by atoms with Gasteiger partial charge >= 0.3 is 6.03 Å². The molecule has 0 unspecified atom stereocenters. The summed E-state index contributed by atoms with van der Waals surface area (Å²) in [5.41, 5.74) is 2.38. The normalized spacial score (nSPS) is 14.3. The molecular weight excluding hydrogens is 390 g/mol. The third-order valence-electron chi connectivity index (χ3n) is 4.86. The topological polar surface area (TPSA) is 77.9 Å². The Hall–Kier alpha value is -2.77. The molecular formula is C21H27ClN5O2+. The first-order valence-corrected chi connectivity index (χ1v) is 10.1. The Balaban J connectivity index is 1.51. The number of hydrogen-bond donors (Lipinski definition) is 4. The van der Waals surface area contributed by atoms with E-state index in [1.807, 2.05) is 30.3 Å². The van der Waals surface area contributed by atoms with Crippen LogP contribution in [0.25, 0.3) is 0 Å². The van der Waals surface area contributed by atoms with Crippen molar-refractivity contribution in [1.29, 1.82) is 0 Å². The Morgan fingerprint density at radius 2 is 1.79 bits per heavy atom. The van der Waals surface area contributed by atoms with Crippen molar-refractivity contribution in [2.75, 3.05) is 55.3 Å². The summed E-state index contributed by atoms with van der Waals surface area (Å²) in [6, 6.07) is 14.4. The van der Waals surface area contributed by atoms with Crippen LogP contribution in [0.15, 0.2) is 48.5 Å². The van der Waals surface area contributed by atoms with Gasteiger partial charge in [0.2, 0.25) is 5.91 Å². The van der Waals surface area contributed by atoms with Crippen molar-refractivity contribution in [2.24, 2.45) is 0 Å². The van der Waals surface area contributed by atoms with Gasteiger partial charge in [0.05, 0.1) is 44.6 Å². The van der Waals surface area contributed by atoms with Gasteiger partial charge in [-0.05, 0) is 30.3 Å². The quantitative estimate of drug-likeness (QED) is 0.580. The SMILES string of the molecule is C[NH+]1CCN(c2ccc(Cl)cc2NC(=O)CCNC(=O)Nc2ccccc2)CC1. The molecule has 2 aromatic rings. The van der Waals surface area contributed by atoms with Crippen molar-refractivity contribution in [3.8, 4) is 0 Å². The maximum Gasteiger partial charge on any atom is 0.319 e. The molecule has 8 heteroatoms. The predicted molar refractivity (Wildman–Crippen MR) is 117 cm³/mol. The second-order valence-corrected chi connectivity index (χ2v) is 7.59. The van der Waals surface area contributed by atoms with Crippen LogP contribution < -0.4 is 25.8 Å². The Morgan fingerprint density at radius 1 is 1.07 bits per heavy atom. The van der Waals surface area contributed by atoms with Gasteiger partial charge < -0.3 is 25.8 Å². The van der Waals surface area contributed by atoms with Crippen LogP contribution in [0.5, 0.6) is 0 Å². The van der Waals surface area contributed by atoms with Gasteiger partial charge in [0.15, 0.2) is 0 Å². The highest BCUT2D eigenvalue weighted by molar-refractivity contribution is 6.31. The minimum atomic E-state index is -0.340. The number of nitrogens with one attached hydrogen (secondary N) is 4. The highest BCUT2D eigenvalue weighted by Gasteiger charge is 2.20. The number of carbonyl (C=O) groups excluding carboxylic acids is 2. The Morgan fingerprint density at radius 3 is 2.52 bits per heavy atom. The Kier molecular flexibility index (Phi) is 7.32. The maximum atomic E-state index is 12.4. The van der Waals surface area contributed by atoms with Crippen molar-refractivity contribution >= 4 is 40.6 Å². The number of piperazine rings is 1. The number of amides is 3. The molecule has 1 fully saturated rings. The first-order chi connectivity index (χ1) is 14.0. The third-order valence-corrected chi connectivity index (χ3v) is 5.09. The van der Waals surface area contributed by atoms with Gasteiger partial charge in [-0.2, -0.15) is 0 Å². The monoisotopic (exact) mass is 416 g/mol. The van der Waals surface area contributed by atoms with Crippen LogP contribution in [0.2, 0.25) is 5.02 Å². The fourth-order valence-electron chi connectivity index (χ4n) is 3.21. The van der Waals surface area contributed by atoms with E-state index in [1.54, 1.807) is 18.2 Å². The van der Waals surface area contributed by atoms with Crippen LogP contribution in [0, 0.1) is 0 Å². The predicted octanol–water partition coefficient (Wildman–Crippen LogP) is 1.83. The fourth-order valence-corrected chi connectivity index (χ4v) is 3.38. The molecule has 0 atom stereocenters. The highest BCUT2D eigenvalue weighted by Crippen LogP contribution is 2.29. The standard InChI is InChI=1S/C21H26ClN5O2/c1-26-11-13-27(14-12-26)19-8-7-16(22)15-18(19)25-20(28)9-10-23-21(29)24-17-5-3-2-4-6-17/h2-8,15H,9-14H2,1H3,(H,25,28)(H2,23,24,29)/p+1. The van der Waals surface area contributed by atoms with Crippen molar-refractivity contribution in [1.82, 2.24) is 5.32 Å². The largest absolute Gasteiger partial charge is 0.359 e. The van der Waals surface area contributed by atoms with E-state index in [1.165, 1.54) is 4.90 Å². The number of hydrogen-bond acceptors (Lipinski definition) is 3. The van der Waals surface area contributed by atoms with E-state index in [-0.39, 0.29) is 24.9 Å². The maximum absolute atomic E-state index is 12.4. The van der Waals surface area contributed by atoms with Crippen LogP contribution in [-0.4, -0.2) is 51.7 Å². The number of halogens is 1. The highest BCUT2D eigenvalue weighted by atomic mass is 35.5. The van der Waals surface area contributed by atoms with Crippen molar-refractivity contribution in [3.05, 3.63) is 53.6 Å². The van der Waals surface area contributed by atoms with Crippen molar-refractivity contribution in [2.45, 2.75) is 6.42 Å². The number of rotatable bonds is 6. The lowest BCUT2D eigenvalue weighted by Gasteiger charge is -2.33. The molecule has 0 aromatic heterocycles. The van der Waals surface area contributed by atoms with E-state index >= 15 is 0 Å². The number of para-hydroxylation sites is 1. The number of urea groups is 1. The zero-order chi connectivity index (χ0) is 20.6. The summed E-state index contributed by atoms with van der Waals surface area (Å²) in [5, 5.41) is 8.93. The average molecular weight is 417 g/mol. The Bertz CT molecular complexity index is 838. The van der Waals surface area contributed by atoms with E-state index in [4.69, 9.17) is 11.6 Å². The lowest BCUT2D eigenvalue weighted by Crippen LogP contribution is -3.12. The van der Waals surface area contributed by atoms with Gasteiger partial charge in [-0.15, -0.1) is 0 Å². The Labute approximate surface area is 176 Å². The molecule has 0 saturated carbocycles. The zero-order valence-electron chi connectivity index (χ0n) is 16.5. The van der Waals surface area contributed by atoms with Crippen LogP contribution in [0.1, 0.15) is 6.42 Å². The molecule has 2 aromatic carbocycles. The van der Waals surface area contributed by atoms with Crippen LogP contribution in [-0.2, 0) is 4.79 Å². The second kappa shape index (κ2) is 10.1. The molecule has 3 amide bonds. The third kappa shape index (κ3) is 6.37. The number of carbonyl (C=O) groups is 2. The van der Waals surface area contributed by atoms with E-state index in [9.17, 15) is 9.59 Å². The number of benzene rings is 2. The van der Waals surface area contributed by atoms with E-state index in [2.05, 4.69) is 27.9 Å². The summed E-state index contributed by atoms with van der Waals surface area (Å²) in [6.45, 7) is 4.19. The second-order valence-electron chi connectivity index (χ2n) is 7.15. The fraction of sp³-hybridized carbons (Fsp3) is 0.333. The molecule has 3 rings (SSSR count). The molecule has 0 spiro atoms. The number of anilines is 3. The first kappa shape index (κ1) is 21.0. The first-order valence-electron chi connectivity index (χ1n) is 9.77. The molecule has 1 aliphatic rings. The van der Waals surface area contributed by atoms with Gasteiger partial charge in [0, 0.05) is 23.7 Å². The smallest absolute Gasteiger partial charge is 0.319 e. The van der Waals surface area contributed by atoms with Crippen molar-refractivity contribution in [3.63, 3.8) is 0 Å². The molecule has 1 saturated heterocycles. The van der Waals surface area contributed by atoms with Crippen molar-refractivity contribution < 1.29 is 14.5 Å². The zero-order valence-corrected chi connectivity index (χ0v) is 17.3. The van der Waals surface area contributed by atoms with Gasteiger partial charge in [-0.1, -0.05) is 29.8 Å². The molecule has 154 valence electrons. The van der Waals surface area contributed by atoms with E-state index in [0.29, 0.717) is 16.4 Å². The lowest BCUT2D eigenvalue weighted by molar-refractivity contribution is -0.880. The summed E-state index contributed by atoms with van der Waals surface area (Å²) in [6.07, 6.45) is 0.168. The van der Waals surface area contributed by atoms with E-state index in [0.717, 1.165) is 31.9 Å². The minimum Gasteiger partial charge on any atom is -0.359 e.